The van der Waals surface area contributed by atoms with Gasteiger partial charge in [-0.25, -0.2) is 0 Å². The molecule has 1 aromatic rings. The number of aryl methyl sites for hydroxylation is 1. The summed E-state index contributed by atoms with van der Waals surface area (Å²) in [6.07, 6.45) is 0.904. The van der Waals surface area contributed by atoms with Crippen molar-refractivity contribution >= 4 is 12.0 Å². The molecule has 0 aromatic heterocycles. The maximum Gasteiger partial charge on any atom is 0.141 e. The van der Waals surface area contributed by atoms with Crippen molar-refractivity contribution in [2.45, 2.75) is 19.5 Å². The Morgan fingerprint density at radius 3 is 3.08 bits per heavy atom. The van der Waals surface area contributed by atoms with Gasteiger partial charge in [0.25, 0.3) is 0 Å². The molecule has 3 nitrogen and oxygen atoms in total. The van der Waals surface area contributed by atoms with Gasteiger partial charge in [0, 0.05) is 17.8 Å². The summed E-state index contributed by atoms with van der Waals surface area (Å²) in [6, 6.07) is 3.63. The standard InChI is InChI=1S/C10H12N2O/c1-6-2-3-8(11)10-7(6)4-12-9(10)5-13/h2-3,5,9,12H,4,11H2,1H3. The van der Waals surface area contributed by atoms with Gasteiger partial charge < -0.3 is 10.5 Å². The monoisotopic (exact) mass is 176 g/mol. The number of hydrogen-bond acceptors (Lipinski definition) is 3. The Balaban J connectivity index is 2.61. The number of fused-ring (bicyclic) bond motifs is 1. The summed E-state index contributed by atoms with van der Waals surface area (Å²) in [5.74, 6) is 0. The number of aldehydes is 1. The molecule has 3 heteroatoms. The zero-order valence-corrected chi connectivity index (χ0v) is 7.50. The number of carbonyl (C=O) groups excluding carboxylic acids is 1. The summed E-state index contributed by atoms with van der Waals surface area (Å²) in [7, 11) is 0. The van der Waals surface area contributed by atoms with Gasteiger partial charge in [-0.3, -0.25) is 5.32 Å². The fourth-order valence-electron chi connectivity index (χ4n) is 1.82. The van der Waals surface area contributed by atoms with Gasteiger partial charge in [0.1, 0.15) is 6.29 Å². The molecule has 0 fully saturated rings. The second kappa shape index (κ2) is 2.85. The Morgan fingerprint density at radius 1 is 1.62 bits per heavy atom. The van der Waals surface area contributed by atoms with Crippen molar-refractivity contribution in [1.29, 1.82) is 0 Å². The van der Waals surface area contributed by atoms with E-state index in [1.54, 1.807) is 0 Å². The summed E-state index contributed by atoms with van der Waals surface area (Å²) in [5, 5.41) is 3.11. The summed E-state index contributed by atoms with van der Waals surface area (Å²) >= 11 is 0. The van der Waals surface area contributed by atoms with E-state index in [-0.39, 0.29) is 6.04 Å². The van der Waals surface area contributed by atoms with Gasteiger partial charge in [-0.05, 0) is 24.1 Å². The number of carbonyl (C=O) groups is 1. The van der Waals surface area contributed by atoms with Crippen LogP contribution in [0, 0.1) is 6.92 Å². The molecule has 1 aromatic carbocycles. The first-order chi connectivity index (χ1) is 6.24. The summed E-state index contributed by atoms with van der Waals surface area (Å²) in [6.45, 7) is 2.78. The van der Waals surface area contributed by atoms with E-state index in [0.717, 1.165) is 18.4 Å². The van der Waals surface area contributed by atoms with Gasteiger partial charge >= 0.3 is 0 Å². The minimum absolute atomic E-state index is 0.213. The van der Waals surface area contributed by atoms with E-state index in [2.05, 4.69) is 5.32 Å². The van der Waals surface area contributed by atoms with Gasteiger partial charge in [0.15, 0.2) is 0 Å². The van der Waals surface area contributed by atoms with Crippen LogP contribution >= 0.6 is 0 Å². The maximum atomic E-state index is 10.7. The zero-order valence-electron chi connectivity index (χ0n) is 7.50. The van der Waals surface area contributed by atoms with Crippen molar-refractivity contribution in [2.24, 2.45) is 0 Å². The number of hydrogen-bond donors (Lipinski definition) is 2. The van der Waals surface area contributed by atoms with Crippen LogP contribution in [-0.2, 0) is 11.3 Å². The van der Waals surface area contributed by atoms with Crippen molar-refractivity contribution in [1.82, 2.24) is 5.32 Å². The molecule has 0 spiro atoms. The highest BCUT2D eigenvalue weighted by Gasteiger charge is 2.24. The van der Waals surface area contributed by atoms with Crippen LogP contribution in [0.1, 0.15) is 22.7 Å². The van der Waals surface area contributed by atoms with E-state index in [0.29, 0.717) is 5.69 Å². The first kappa shape index (κ1) is 8.26. The van der Waals surface area contributed by atoms with E-state index in [9.17, 15) is 4.79 Å². The van der Waals surface area contributed by atoms with E-state index in [4.69, 9.17) is 5.73 Å². The van der Waals surface area contributed by atoms with Crippen LogP contribution in [0.5, 0.6) is 0 Å². The lowest BCUT2D eigenvalue weighted by Gasteiger charge is -2.08. The quantitative estimate of drug-likeness (QED) is 0.494. The summed E-state index contributed by atoms with van der Waals surface area (Å²) in [5.41, 5.74) is 9.86. The highest BCUT2D eigenvalue weighted by molar-refractivity contribution is 5.71. The predicted octanol–water partition coefficient (Wildman–Crippen LogP) is 0.920. The fourth-order valence-corrected chi connectivity index (χ4v) is 1.82. The van der Waals surface area contributed by atoms with Gasteiger partial charge in [0.05, 0.1) is 6.04 Å². The van der Waals surface area contributed by atoms with E-state index in [1.807, 2.05) is 19.1 Å². The van der Waals surface area contributed by atoms with Crippen LogP contribution in [0.2, 0.25) is 0 Å². The van der Waals surface area contributed by atoms with E-state index in [1.165, 1.54) is 11.1 Å². The SMILES string of the molecule is Cc1ccc(N)c2c1CNC2C=O. The molecular formula is C10H12N2O. The lowest BCUT2D eigenvalue weighted by molar-refractivity contribution is -0.109. The lowest BCUT2D eigenvalue weighted by Crippen LogP contribution is -2.13. The van der Waals surface area contributed by atoms with Crippen LogP contribution in [0.15, 0.2) is 12.1 Å². The molecule has 68 valence electrons. The molecule has 13 heavy (non-hydrogen) atoms. The molecule has 0 bridgehead atoms. The van der Waals surface area contributed by atoms with Crippen LogP contribution in [0.25, 0.3) is 0 Å². The van der Waals surface area contributed by atoms with E-state index >= 15 is 0 Å². The number of nitrogens with two attached hydrogens (primary N) is 1. The molecule has 0 saturated heterocycles. The normalized spacial score (nSPS) is 19.9. The topological polar surface area (TPSA) is 55.1 Å². The predicted molar refractivity (Wildman–Crippen MR) is 51.2 cm³/mol. The zero-order chi connectivity index (χ0) is 9.42. The Kier molecular flexibility index (Phi) is 1.81. The van der Waals surface area contributed by atoms with Crippen LogP contribution in [0.3, 0.4) is 0 Å². The minimum atomic E-state index is -0.213. The molecule has 1 atom stereocenters. The van der Waals surface area contributed by atoms with Crippen molar-refractivity contribution in [3.05, 3.63) is 28.8 Å². The molecule has 0 amide bonds. The molecule has 1 aliphatic rings. The average molecular weight is 176 g/mol. The van der Waals surface area contributed by atoms with Gasteiger partial charge in [-0.1, -0.05) is 6.07 Å². The largest absolute Gasteiger partial charge is 0.398 e. The second-order valence-electron chi connectivity index (χ2n) is 3.36. The Bertz CT molecular complexity index is 360. The smallest absolute Gasteiger partial charge is 0.141 e. The third kappa shape index (κ3) is 1.12. The Hall–Kier alpha value is -1.35. The minimum Gasteiger partial charge on any atom is -0.398 e. The lowest BCUT2D eigenvalue weighted by atomic mass is 9.99. The number of nitrogen functional groups attached to an aromatic ring is 1. The van der Waals surface area contributed by atoms with Gasteiger partial charge in [-0.15, -0.1) is 0 Å². The number of nitrogens with one attached hydrogen (secondary N) is 1. The molecule has 0 saturated carbocycles. The van der Waals surface area contributed by atoms with Crippen molar-refractivity contribution in [3.63, 3.8) is 0 Å². The molecule has 3 N–H and O–H groups in total. The third-order valence-corrected chi connectivity index (χ3v) is 2.57. The number of benzene rings is 1. The first-order valence-corrected chi connectivity index (χ1v) is 4.30. The Morgan fingerprint density at radius 2 is 2.38 bits per heavy atom. The number of rotatable bonds is 1. The average Bonchev–Trinajstić information content (AvgIpc) is 2.56. The third-order valence-electron chi connectivity index (χ3n) is 2.57. The molecule has 1 aliphatic heterocycles. The fraction of sp³-hybridized carbons (Fsp3) is 0.300. The summed E-state index contributed by atoms with van der Waals surface area (Å²) < 4.78 is 0. The molecule has 0 radical (unpaired) electrons. The Labute approximate surface area is 76.9 Å². The molecule has 0 aliphatic carbocycles. The van der Waals surface area contributed by atoms with E-state index < -0.39 is 0 Å². The molecular weight excluding hydrogens is 164 g/mol. The van der Waals surface area contributed by atoms with Crippen LogP contribution in [-0.4, -0.2) is 6.29 Å². The maximum absolute atomic E-state index is 10.7. The molecule has 1 unspecified atom stereocenters. The molecule has 2 rings (SSSR count). The van der Waals surface area contributed by atoms with Crippen LogP contribution in [0.4, 0.5) is 5.69 Å². The van der Waals surface area contributed by atoms with Gasteiger partial charge in [-0.2, -0.15) is 0 Å². The first-order valence-electron chi connectivity index (χ1n) is 4.30. The summed E-state index contributed by atoms with van der Waals surface area (Å²) in [4.78, 5) is 10.7. The van der Waals surface area contributed by atoms with Crippen molar-refractivity contribution in [2.75, 3.05) is 5.73 Å². The highest BCUT2D eigenvalue weighted by atomic mass is 16.1. The van der Waals surface area contributed by atoms with Gasteiger partial charge in [0.2, 0.25) is 0 Å². The highest BCUT2D eigenvalue weighted by Crippen LogP contribution is 2.31. The molecule has 1 heterocycles. The van der Waals surface area contributed by atoms with Crippen LogP contribution < -0.4 is 11.1 Å². The second-order valence-corrected chi connectivity index (χ2v) is 3.36. The van der Waals surface area contributed by atoms with Crippen molar-refractivity contribution in [3.8, 4) is 0 Å². The van der Waals surface area contributed by atoms with Crippen molar-refractivity contribution < 1.29 is 4.79 Å². The number of anilines is 1.